The van der Waals surface area contributed by atoms with Gasteiger partial charge in [0, 0.05) is 10.9 Å². The van der Waals surface area contributed by atoms with Gasteiger partial charge in [-0.3, -0.25) is 10.1 Å². The lowest BCUT2D eigenvalue weighted by molar-refractivity contribution is -0.385. The van der Waals surface area contributed by atoms with E-state index in [2.05, 4.69) is 22.9 Å². The highest BCUT2D eigenvalue weighted by Gasteiger charge is 2.20. The molecular formula is C13H18BrNO4. The van der Waals surface area contributed by atoms with Gasteiger partial charge in [0.25, 0.3) is 5.69 Å². The lowest BCUT2D eigenvalue weighted by atomic mass is 10.1. The molecule has 0 heterocycles. The lowest BCUT2D eigenvalue weighted by Gasteiger charge is -2.17. The minimum absolute atomic E-state index is 0.00618. The van der Waals surface area contributed by atoms with Gasteiger partial charge < -0.3 is 9.47 Å². The number of ether oxygens (including phenoxy) is 2. The maximum absolute atomic E-state index is 11.0. The van der Waals surface area contributed by atoms with Gasteiger partial charge in [0.15, 0.2) is 11.5 Å². The quantitative estimate of drug-likeness (QED) is 0.429. The van der Waals surface area contributed by atoms with Crippen LogP contribution in [0.5, 0.6) is 11.5 Å². The smallest absolute Gasteiger partial charge is 0.277 e. The molecule has 0 spiro atoms. The normalized spacial score (nSPS) is 12.0. The Balaban J connectivity index is 3.14. The predicted octanol–water partition coefficient (Wildman–Crippen LogP) is 4.07. The van der Waals surface area contributed by atoms with Crippen LogP contribution in [0.15, 0.2) is 12.1 Å². The number of alkyl halides is 1. The fourth-order valence-electron chi connectivity index (χ4n) is 1.80. The zero-order chi connectivity index (χ0) is 14.4. The van der Waals surface area contributed by atoms with Gasteiger partial charge in [-0.2, -0.15) is 0 Å². The molecule has 19 heavy (non-hydrogen) atoms. The Morgan fingerprint density at radius 1 is 1.42 bits per heavy atom. The number of nitrogens with zero attached hydrogens (tertiary/aromatic N) is 1. The van der Waals surface area contributed by atoms with Crippen molar-refractivity contribution in [3.05, 3.63) is 27.8 Å². The molecule has 1 aromatic rings. The summed E-state index contributed by atoms with van der Waals surface area (Å²) in [6, 6.07) is 3.07. The van der Waals surface area contributed by atoms with Crippen molar-refractivity contribution in [3.8, 4) is 11.5 Å². The molecule has 1 rings (SSSR count). The summed E-state index contributed by atoms with van der Waals surface area (Å²) < 4.78 is 11.0. The Kier molecular flexibility index (Phi) is 6.08. The Morgan fingerprint density at radius 2 is 2.11 bits per heavy atom. The van der Waals surface area contributed by atoms with Crippen LogP contribution in [0, 0.1) is 10.1 Å². The van der Waals surface area contributed by atoms with E-state index >= 15 is 0 Å². The molecule has 6 heteroatoms. The Bertz CT molecular complexity index is 451. The van der Waals surface area contributed by atoms with E-state index in [4.69, 9.17) is 9.47 Å². The molecule has 1 aromatic carbocycles. The molecular weight excluding hydrogens is 314 g/mol. The molecule has 0 aliphatic carbocycles. The summed E-state index contributed by atoms with van der Waals surface area (Å²) in [6.45, 7) is 4.00. The summed E-state index contributed by atoms with van der Waals surface area (Å²) >= 11 is 3.24. The van der Waals surface area contributed by atoms with Crippen molar-refractivity contribution in [1.82, 2.24) is 0 Å². The van der Waals surface area contributed by atoms with E-state index in [0.717, 1.165) is 12.8 Å². The van der Waals surface area contributed by atoms with E-state index in [0.29, 0.717) is 22.4 Å². The first-order chi connectivity index (χ1) is 9.03. The first-order valence-corrected chi connectivity index (χ1v) is 7.23. The molecule has 0 saturated heterocycles. The summed E-state index contributed by atoms with van der Waals surface area (Å²) in [6.07, 6.45) is 1.87. The van der Waals surface area contributed by atoms with E-state index in [1.807, 2.05) is 6.92 Å². The van der Waals surface area contributed by atoms with Gasteiger partial charge in [-0.15, -0.1) is 0 Å². The van der Waals surface area contributed by atoms with Crippen LogP contribution in [0.25, 0.3) is 0 Å². The summed E-state index contributed by atoms with van der Waals surface area (Å²) in [4.78, 5) is 10.6. The summed E-state index contributed by atoms with van der Waals surface area (Å²) in [7, 11) is 1.52. The van der Waals surface area contributed by atoms with E-state index in [1.54, 1.807) is 6.07 Å². The number of nitro groups is 1. The van der Waals surface area contributed by atoms with E-state index in [-0.39, 0.29) is 11.8 Å². The molecule has 0 saturated carbocycles. The third-order valence-electron chi connectivity index (χ3n) is 2.73. The predicted molar refractivity (Wildman–Crippen MR) is 77.3 cm³/mol. The van der Waals surface area contributed by atoms with E-state index in [1.165, 1.54) is 13.2 Å². The van der Waals surface area contributed by atoms with Crippen LogP contribution < -0.4 is 9.47 Å². The Morgan fingerprint density at radius 3 is 2.58 bits per heavy atom. The summed E-state index contributed by atoms with van der Waals surface area (Å²) in [5, 5.41) is 11.4. The van der Waals surface area contributed by atoms with Crippen molar-refractivity contribution in [1.29, 1.82) is 0 Å². The zero-order valence-electron chi connectivity index (χ0n) is 11.3. The van der Waals surface area contributed by atoms with Gasteiger partial charge in [0.1, 0.15) is 0 Å². The zero-order valence-corrected chi connectivity index (χ0v) is 12.9. The molecule has 0 amide bonds. The second-order valence-electron chi connectivity index (χ2n) is 4.24. The highest BCUT2D eigenvalue weighted by Crippen LogP contribution is 2.36. The van der Waals surface area contributed by atoms with Gasteiger partial charge in [0.2, 0.25) is 0 Å². The maximum atomic E-state index is 11.0. The van der Waals surface area contributed by atoms with Crippen LogP contribution in [0.2, 0.25) is 0 Å². The molecule has 0 fully saturated rings. The molecule has 0 aromatic heterocycles. The van der Waals surface area contributed by atoms with E-state index < -0.39 is 4.92 Å². The van der Waals surface area contributed by atoms with Gasteiger partial charge in [-0.25, -0.2) is 0 Å². The van der Waals surface area contributed by atoms with Crippen molar-refractivity contribution in [2.75, 3.05) is 7.11 Å². The maximum Gasteiger partial charge on any atom is 0.277 e. The minimum Gasteiger partial charge on any atom is -0.493 e. The number of methoxy groups -OCH3 is 1. The third kappa shape index (κ3) is 4.09. The SMILES string of the molecule is CCCC(C)Oc1cc([N+](=O)[O-])c(CBr)cc1OC. The number of hydrogen-bond acceptors (Lipinski definition) is 4. The van der Waals surface area contributed by atoms with Crippen molar-refractivity contribution < 1.29 is 14.4 Å². The molecule has 0 radical (unpaired) electrons. The highest BCUT2D eigenvalue weighted by molar-refractivity contribution is 9.08. The number of nitro benzene ring substituents is 1. The van der Waals surface area contributed by atoms with E-state index in [9.17, 15) is 10.1 Å². The summed E-state index contributed by atoms with van der Waals surface area (Å²) in [5.74, 6) is 0.933. The number of benzene rings is 1. The Hall–Kier alpha value is -1.30. The second kappa shape index (κ2) is 7.33. The van der Waals surface area contributed by atoms with Crippen LogP contribution in [-0.4, -0.2) is 18.1 Å². The number of halogens is 1. The standard InChI is InChI=1S/C13H18BrNO4/c1-4-5-9(2)19-13-7-11(15(16)17)10(8-14)6-12(13)18-3/h6-7,9H,4-5,8H2,1-3H3. The van der Waals surface area contributed by atoms with Crippen LogP contribution in [0.1, 0.15) is 32.3 Å². The molecule has 1 unspecified atom stereocenters. The van der Waals surface area contributed by atoms with Crippen LogP contribution in [0.3, 0.4) is 0 Å². The lowest BCUT2D eigenvalue weighted by Crippen LogP contribution is -2.12. The molecule has 0 bridgehead atoms. The Labute approximate surface area is 121 Å². The molecule has 1 atom stereocenters. The second-order valence-corrected chi connectivity index (χ2v) is 4.80. The highest BCUT2D eigenvalue weighted by atomic mass is 79.9. The minimum atomic E-state index is -0.409. The van der Waals surface area contributed by atoms with Crippen molar-refractivity contribution >= 4 is 21.6 Å². The molecule has 0 N–H and O–H groups in total. The monoisotopic (exact) mass is 331 g/mol. The largest absolute Gasteiger partial charge is 0.493 e. The molecule has 0 aliphatic heterocycles. The van der Waals surface area contributed by atoms with Gasteiger partial charge in [-0.05, 0) is 19.4 Å². The summed E-state index contributed by atoms with van der Waals surface area (Å²) in [5.41, 5.74) is 0.605. The van der Waals surface area contributed by atoms with Crippen LogP contribution >= 0.6 is 15.9 Å². The fourth-order valence-corrected chi connectivity index (χ4v) is 2.25. The van der Waals surface area contributed by atoms with Crippen molar-refractivity contribution in [3.63, 3.8) is 0 Å². The number of rotatable bonds is 7. The topological polar surface area (TPSA) is 61.6 Å². The molecule has 5 nitrogen and oxygen atoms in total. The van der Waals surface area contributed by atoms with Crippen LogP contribution in [-0.2, 0) is 5.33 Å². The average molecular weight is 332 g/mol. The average Bonchev–Trinajstić information content (AvgIpc) is 2.38. The number of hydrogen-bond donors (Lipinski definition) is 0. The van der Waals surface area contributed by atoms with Crippen molar-refractivity contribution in [2.24, 2.45) is 0 Å². The first-order valence-electron chi connectivity index (χ1n) is 6.11. The first kappa shape index (κ1) is 15.8. The van der Waals surface area contributed by atoms with Gasteiger partial charge >= 0.3 is 0 Å². The van der Waals surface area contributed by atoms with Crippen LogP contribution in [0.4, 0.5) is 5.69 Å². The van der Waals surface area contributed by atoms with Crippen molar-refractivity contribution in [2.45, 2.75) is 38.1 Å². The fraction of sp³-hybridized carbons (Fsp3) is 0.538. The van der Waals surface area contributed by atoms with Gasteiger partial charge in [-0.1, -0.05) is 29.3 Å². The molecule has 0 aliphatic rings. The van der Waals surface area contributed by atoms with Gasteiger partial charge in [0.05, 0.1) is 24.2 Å². The third-order valence-corrected chi connectivity index (χ3v) is 3.33. The molecule has 106 valence electrons.